The average Bonchev–Trinajstić information content (AvgIpc) is 2.46. The summed E-state index contributed by atoms with van der Waals surface area (Å²) in [6, 6.07) is 15.3. The van der Waals surface area contributed by atoms with E-state index in [9.17, 15) is 12.8 Å². The van der Waals surface area contributed by atoms with Gasteiger partial charge in [0.25, 0.3) is 0 Å². The normalized spacial score (nSPS) is 11.9. The van der Waals surface area contributed by atoms with Crippen molar-refractivity contribution in [3.8, 4) is 0 Å². The SMILES string of the molecule is O=S(=O)(/C=C/c1ccccc1)NCCc1cccc(F)c1. The Bertz CT molecular complexity index is 712. The number of benzene rings is 2. The van der Waals surface area contributed by atoms with E-state index >= 15 is 0 Å². The predicted octanol–water partition coefficient (Wildman–Crippen LogP) is 2.96. The van der Waals surface area contributed by atoms with Crippen molar-refractivity contribution in [3.63, 3.8) is 0 Å². The van der Waals surface area contributed by atoms with Gasteiger partial charge in [0.15, 0.2) is 0 Å². The lowest BCUT2D eigenvalue weighted by atomic mass is 10.1. The standard InChI is InChI=1S/C16H16FNO2S/c17-16-8-4-7-15(13-16)9-11-18-21(19,20)12-10-14-5-2-1-3-6-14/h1-8,10,12-13,18H,9,11H2/b12-10+. The van der Waals surface area contributed by atoms with Crippen LogP contribution in [-0.2, 0) is 16.4 Å². The van der Waals surface area contributed by atoms with E-state index in [1.807, 2.05) is 30.3 Å². The summed E-state index contributed by atoms with van der Waals surface area (Å²) >= 11 is 0. The van der Waals surface area contributed by atoms with Crippen molar-refractivity contribution in [1.29, 1.82) is 0 Å². The van der Waals surface area contributed by atoms with Crippen LogP contribution in [0.2, 0.25) is 0 Å². The first kappa shape index (κ1) is 15.4. The van der Waals surface area contributed by atoms with Crippen molar-refractivity contribution >= 4 is 16.1 Å². The molecule has 0 amide bonds. The van der Waals surface area contributed by atoms with Crippen molar-refractivity contribution in [1.82, 2.24) is 4.72 Å². The summed E-state index contributed by atoms with van der Waals surface area (Å²) in [5.74, 6) is -0.320. The third-order valence-corrected chi connectivity index (χ3v) is 3.95. The lowest BCUT2D eigenvalue weighted by molar-refractivity contribution is 0.591. The molecule has 0 saturated carbocycles. The Morgan fingerprint density at radius 3 is 2.52 bits per heavy atom. The average molecular weight is 305 g/mol. The molecule has 0 unspecified atom stereocenters. The molecule has 3 nitrogen and oxygen atoms in total. The minimum absolute atomic E-state index is 0.227. The van der Waals surface area contributed by atoms with Gasteiger partial charge < -0.3 is 0 Å². The van der Waals surface area contributed by atoms with Gasteiger partial charge in [0.1, 0.15) is 5.82 Å². The molecule has 0 bridgehead atoms. The molecule has 0 saturated heterocycles. The van der Waals surface area contributed by atoms with Gasteiger partial charge in [0.2, 0.25) is 10.0 Å². The van der Waals surface area contributed by atoms with Crippen LogP contribution in [0.15, 0.2) is 60.0 Å². The van der Waals surface area contributed by atoms with Crippen LogP contribution in [0.5, 0.6) is 0 Å². The van der Waals surface area contributed by atoms with Crippen molar-refractivity contribution < 1.29 is 12.8 Å². The number of rotatable bonds is 6. The van der Waals surface area contributed by atoms with E-state index in [-0.39, 0.29) is 12.4 Å². The Labute approximate surface area is 124 Å². The first-order valence-electron chi connectivity index (χ1n) is 6.52. The highest BCUT2D eigenvalue weighted by atomic mass is 32.2. The van der Waals surface area contributed by atoms with Gasteiger partial charge in [-0.25, -0.2) is 17.5 Å². The van der Waals surface area contributed by atoms with Gasteiger partial charge in [0.05, 0.1) is 0 Å². The lowest BCUT2D eigenvalue weighted by Crippen LogP contribution is -2.23. The van der Waals surface area contributed by atoms with Gasteiger partial charge in [-0.15, -0.1) is 0 Å². The molecule has 0 aliphatic carbocycles. The Morgan fingerprint density at radius 2 is 1.81 bits per heavy atom. The zero-order chi connectivity index (χ0) is 15.1. The Morgan fingerprint density at radius 1 is 1.05 bits per heavy atom. The van der Waals surface area contributed by atoms with Crippen molar-refractivity contribution in [2.45, 2.75) is 6.42 Å². The van der Waals surface area contributed by atoms with Crippen LogP contribution in [0.4, 0.5) is 4.39 Å². The van der Waals surface area contributed by atoms with Gasteiger partial charge >= 0.3 is 0 Å². The Balaban J connectivity index is 1.88. The summed E-state index contributed by atoms with van der Waals surface area (Å²) in [4.78, 5) is 0. The number of nitrogens with one attached hydrogen (secondary N) is 1. The van der Waals surface area contributed by atoms with Crippen LogP contribution < -0.4 is 4.72 Å². The summed E-state index contributed by atoms with van der Waals surface area (Å²) in [7, 11) is -3.48. The summed E-state index contributed by atoms with van der Waals surface area (Å²) in [5.41, 5.74) is 1.57. The number of hydrogen-bond donors (Lipinski definition) is 1. The van der Waals surface area contributed by atoms with Crippen LogP contribution in [0.1, 0.15) is 11.1 Å². The maximum absolute atomic E-state index is 13.0. The number of halogens is 1. The zero-order valence-electron chi connectivity index (χ0n) is 11.4. The van der Waals surface area contributed by atoms with Crippen LogP contribution >= 0.6 is 0 Å². The first-order chi connectivity index (χ1) is 10.1. The van der Waals surface area contributed by atoms with Crippen LogP contribution in [0.3, 0.4) is 0 Å². The van der Waals surface area contributed by atoms with E-state index in [1.54, 1.807) is 12.1 Å². The molecular weight excluding hydrogens is 289 g/mol. The highest BCUT2D eigenvalue weighted by molar-refractivity contribution is 7.92. The lowest BCUT2D eigenvalue weighted by Gasteiger charge is -2.03. The van der Waals surface area contributed by atoms with Gasteiger partial charge in [-0.3, -0.25) is 0 Å². The fraction of sp³-hybridized carbons (Fsp3) is 0.125. The fourth-order valence-corrected chi connectivity index (χ4v) is 2.63. The molecule has 0 fully saturated rings. The van der Waals surface area contributed by atoms with E-state index in [0.717, 1.165) is 16.5 Å². The fourth-order valence-electron chi connectivity index (χ4n) is 1.81. The van der Waals surface area contributed by atoms with E-state index < -0.39 is 10.0 Å². The molecule has 0 radical (unpaired) electrons. The highest BCUT2D eigenvalue weighted by Gasteiger charge is 2.04. The summed E-state index contributed by atoms with van der Waals surface area (Å²) in [6.45, 7) is 0.227. The summed E-state index contributed by atoms with van der Waals surface area (Å²) < 4.78 is 39.0. The summed E-state index contributed by atoms with van der Waals surface area (Å²) in [5, 5.41) is 1.13. The number of sulfonamides is 1. The van der Waals surface area contributed by atoms with E-state index in [0.29, 0.717) is 6.42 Å². The van der Waals surface area contributed by atoms with Gasteiger partial charge in [0, 0.05) is 12.0 Å². The molecule has 21 heavy (non-hydrogen) atoms. The molecule has 0 aliphatic heterocycles. The predicted molar refractivity (Wildman–Crippen MR) is 82.5 cm³/mol. The van der Waals surface area contributed by atoms with Gasteiger partial charge in [-0.1, -0.05) is 42.5 Å². The molecule has 0 aliphatic rings. The second-order valence-corrected chi connectivity index (χ2v) is 6.18. The molecule has 0 atom stereocenters. The number of hydrogen-bond acceptors (Lipinski definition) is 2. The molecule has 0 spiro atoms. The second kappa shape index (κ2) is 7.15. The van der Waals surface area contributed by atoms with Crippen LogP contribution in [0.25, 0.3) is 6.08 Å². The highest BCUT2D eigenvalue weighted by Crippen LogP contribution is 2.05. The maximum Gasteiger partial charge on any atom is 0.233 e. The van der Waals surface area contributed by atoms with Gasteiger partial charge in [-0.2, -0.15) is 0 Å². The molecule has 1 N–H and O–H groups in total. The minimum Gasteiger partial charge on any atom is -0.211 e. The smallest absolute Gasteiger partial charge is 0.211 e. The summed E-state index contributed by atoms with van der Waals surface area (Å²) in [6.07, 6.45) is 1.97. The molecule has 0 aromatic heterocycles. The maximum atomic E-state index is 13.0. The van der Waals surface area contributed by atoms with Crippen LogP contribution in [0, 0.1) is 5.82 Å². The molecule has 2 aromatic rings. The largest absolute Gasteiger partial charge is 0.233 e. The Kier molecular flexibility index (Phi) is 5.25. The third-order valence-electron chi connectivity index (χ3n) is 2.85. The Hall–Kier alpha value is -1.98. The van der Waals surface area contributed by atoms with Crippen LogP contribution in [-0.4, -0.2) is 15.0 Å². The van der Waals surface area contributed by atoms with Crippen molar-refractivity contribution in [3.05, 3.63) is 76.9 Å². The van der Waals surface area contributed by atoms with Crippen molar-refractivity contribution in [2.24, 2.45) is 0 Å². The second-order valence-electron chi connectivity index (χ2n) is 4.53. The van der Waals surface area contributed by atoms with Crippen molar-refractivity contribution in [2.75, 3.05) is 6.54 Å². The molecule has 2 rings (SSSR count). The first-order valence-corrected chi connectivity index (χ1v) is 8.07. The molecular formula is C16H16FNO2S. The minimum atomic E-state index is -3.48. The molecule has 0 heterocycles. The van der Waals surface area contributed by atoms with E-state index in [4.69, 9.17) is 0 Å². The molecule has 2 aromatic carbocycles. The third kappa shape index (κ3) is 5.49. The monoisotopic (exact) mass is 305 g/mol. The quantitative estimate of drug-likeness (QED) is 0.892. The van der Waals surface area contributed by atoms with Gasteiger partial charge in [-0.05, 0) is 35.8 Å². The van der Waals surface area contributed by atoms with E-state index in [1.165, 1.54) is 18.2 Å². The zero-order valence-corrected chi connectivity index (χ0v) is 12.2. The molecule has 5 heteroatoms. The topological polar surface area (TPSA) is 46.2 Å². The van der Waals surface area contributed by atoms with E-state index in [2.05, 4.69) is 4.72 Å². The molecule has 110 valence electrons.